The minimum Gasteiger partial charge on any atom is -0.340 e. The largest absolute Gasteiger partial charge is 0.340 e. The fourth-order valence-electron chi connectivity index (χ4n) is 4.36. The summed E-state index contributed by atoms with van der Waals surface area (Å²) < 4.78 is 1.61. The summed E-state index contributed by atoms with van der Waals surface area (Å²) in [4.78, 5) is 29.9. The number of nitrogens with zero attached hydrogens (tertiary/aromatic N) is 6. The molecular weight excluding hydrogens is 380 g/mol. The highest BCUT2D eigenvalue weighted by Gasteiger charge is 2.29. The third kappa shape index (κ3) is 4.92. The molecule has 0 bridgehead atoms. The first-order chi connectivity index (χ1) is 14.6. The molecule has 1 aromatic heterocycles. The van der Waals surface area contributed by atoms with E-state index < -0.39 is 0 Å². The summed E-state index contributed by atoms with van der Waals surface area (Å²) in [7, 11) is 0. The Bertz CT molecular complexity index is 860. The Morgan fingerprint density at radius 2 is 1.83 bits per heavy atom. The van der Waals surface area contributed by atoms with Gasteiger partial charge in [-0.15, -0.1) is 5.10 Å². The second kappa shape index (κ2) is 9.47. The van der Waals surface area contributed by atoms with E-state index in [1.807, 2.05) is 30.3 Å². The minimum absolute atomic E-state index is 0.0265. The number of carbonyl (C=O) groups excluding carboxylic acids is 2. The number of aromatic nitrogens is 4. The molecule has 30 heavy (non-hydrogen) atoms. The number of tetrazole rings is 1. The average molecular weight is 411 g/mol. The Labute approximate surface area is 177 Å². The van der Waals surface area contributed by atoms with Gasteiger partial charge in [0.1, 0.15) is 6.54 Å². The second-order valence-electron chi connectivity index (χ2n) is 8.62. The summed E-state index contributed by atoms with van der Waals surface area (Å²) in [5.74, 6) is 1.45. The molecule has 4 rings (SSSR count). The van der Waals surface area contributed by atoms with Crippen LogP contribution in [-0.4, -0.2) is 67.9 Å². The van der Waals surface area contributed by atoms with E-state index in [0.29, 0.717) is 19.6 Å². The van der Waals surface area contributed by atoms with Crippen LogP contribution in [0.25, 0.3) is 0 Å². The van der Waals surface area contributed by atoms with Gasteiger partial charge in [0.2, 0.25) is 5.91 Å². The maximum atomic E-state index is 12.9. The van der Waals surface area contributed by atoms with Crippen molar-refractivity contribution in [3.05, 3.63) is 41.7 Å². The van der Waals surface area contributed by atoms with E-state index in [0.717, 1.165) is 43.2 Å². The smallest absolute Gasteiger partial charge is 0.244 e. The number of ketones is 1. The lowest BCUT2D eigenvalue weighted by Crippen LogP contribution is -2.44. The standard InChI is InChI=1S/C22H30N6O2/c1-17-9-12-26(13-10-17)15-20-23-24-25-28(20)16-21(29)27-11-5-8-19(14-27)22(30)18-6-3-2-4-7-18/h2-4,6-7,17,19H,5,8-16H2,1H3. The van der Waals surface area contributed by atoms with Crippen LogP contribution in [0.2, 0.25) is 0 Å². The topological polar surface area (TPSA) is 84.2 Å². The maximum absolute atomic E-state index is 12.9. The van der Waals surface area contributed by atoms with Crippen molar-refractivity contribution >= 4 is 11.7 Å². The van der Waals surface area contributed by atoms with Crippen molar-refractivity contribution in [3.63, 3.8) is 0 Å². The average Bonchev–Trinajstić information content (AvgIpc) is 3.22. The summed E-state index contributed by atoms with van der Waals surface area (Å²) in [5, 5.41) is 12.0. The lowest BCUT2D eigenvalue weighted by molar-refractivity contribution is -0.133. The first-order valence-corrected chi connectivity index (χ1v) is 10.9. The summed E-state index contributed by atoms with van der Waals surface area (Å²) in [6, 6.07) is 9.35. The molecular formula is C22H30N6O2. The number of benzene rings is 1. The van der Waals surface area contributed by atoms with Gasteiger partial charge < -0.3 is 4.90 Å². The van der Waals surface area contributed by atoms with Crippen LogP contribution >= 0.6 is 0 Å². The molecule has 2 fully saturated rings. The number of carbonyl (C=O) groups is 2. The van der Waals surface area contributed by atoms with Crippen LogP contribution in [0.3, 0.4) is 0 Å². The van der Waals surface area contributed by atoms with E-state index in [1.54, 1.807) is 9.58 Å². The van der Waals surface area contributed by atoms with Gasteiger partial charge in [-0.2, -0.15) is 0 Å². The second-order valence-corrected chi connectivity index (χ2v) is 8.62. The van der Waals surface area contributed by atoms with E-state index in [1.165, 1.54) is 12.8 Å². The fraction of sp³-hybridized carbons (Fsp3) is 0.591. The number of amides is 1. The molecule has 0 spiro atoms. The van der Waals surface area contributed by atoms with E-state index in [9.17, 15) is 9.59 Å². The maximum Gasteiger partial charge on any atom is 0.244 e. The molecule has 0 aliphatic carbocycles. The van der Waals surface area contributed by atoms with Gasteiger partial charge in [-0.05, 0) is 55.1 Å². The quantitative estimate of drug-likeness (QED) is 0.678. The van der Waals surface area contributed by atoms with Gasteiger partial charge in [-0.3, -0.25) is 14.5 Å². The van der Waals surface area contributed by atoms with Crippen molar-refractivity contribution in [1.29, 1.82) is 0 Å². The summed E-state index contributed by atoms with van der Waals surface area (Å²) >= 11 is 0. The van der Waals surface area contributed by atoms with Crippen LogP contribution in [-0.2, 0) is 17.9 Å². The van der Waals surface area contributed by atoms with Crippen molar-refractivity contribution in [2.24, 2.45) is 11.8 Å². The molecule has 1 aromatic carbocycles. The van der Waals surface area contributed by atoms with Crippen molar-refractivity contribution < 1.29 is 9.59 Å². The van der Waals surface area contributed by atoms with Crippen LogP contribution in [0, 0.1) is 11.8 Å². The lowest BCUT2D eigenvalue weighted by atomic mass is 9.90. The molecule has 2 aliphatic rings. The van der Waals surface area contributed by atoms with Crippen molar-refractivity contribution in [2.75, 3.05) is 26.2 Å². The zero-order valence-electron chi connectivity index (χ0n) is 17.6. The first kappa shape index (κ1) is 20.7. The number of rotatable bonds is 6. The van der Waals surface area contributed by atoms with E-state index in [2.05, 4.69) is 27.3 Å². The van der Waals surface area contributed by atoms with Crippen LogP contribution in [0.4, 0.5) is 0 Å². The molecule has 8 nitrogen and oxygen atoms in total. The molecule has 2 aromatic rings. The number of Topliss-reactive ketones (excluding diaryl/α,β-unsaturated/α-hetero) is 1. The van der Waals surface area contributed by atoms with E-state index in [4.69, 9.17) is 0 Å². The number of piperidine rings is 2. The Morgan fingerprint density at radius 1 is 1.07 bits per heavy atom. The molecule has 8 heteroatoms. The first-order valence-electron chi connectivity index (χ1n) is 10.9. The Morgan fingerprint density at radius 3 is 2.60 bits per heavy atom. The van der Waals surface area contributed by atoms with Gasteiger partial charge in [0.15, 0.2) is 11.6 Å². The van der Waals surface area contributed by atoms with Crippen molar-refractivity contribution in [2.45, 2.75) is 45.7 Å². The van der Waals surface area contributed by atoms with E-state index in [-0.39, 0.29) is 24.2 Å². The third-order valence-electron chi connectivity index (χ3n) is 6.34. The highest BCUT2D eigenvalue weighted by atomic mass is 16.2. The van der Waals surface area contributed by atoms with Gasteiger partial charge in [0, 0.05) is 24.6 Å². The predicted molar refractivity (Wildman–Crippen MR) is 112 cm³/mol. The zero-order valence-corrected chi connectivity index (χ0v) is 17.6. The van der Waals surface area contributed by atoms with Crippen LogP contribution in [0.5, 0.6) is 0 Å². The minimum atomic E-state index is -0.145. The van der Waals surface area contributed by atoms with Gasteiger partial charge in [0.05, 0.1) is 6.54 Å². The molecule has 1 amide bonds. The Hall–Kier alpha value is -2.61. The predicted octanol–water partition coefficient (Wildman–Crippen LogP) is 2.03. The molecule has 0 saturated carbocycles. The summed E-state index contributed by atoms with van der Waals surface area (Å²) in [5.41, 5.74) is 0.718. The van der Waals surface area contributed by atoms with Crippen LogP contribution in [0.1, 0.15) is 48.8 Å². The highest BCUT2D eigenvalue weighted by Crippen LogP contribution is 2.22. The molecule has 0 radical (unpaired) electrons. The fourth-order valence-corrected chi connectivity index (χ4v) is 4.36. The van der Waals surface area contributed by atoms with Crippen LogP contribution < -0.4 is 0 Å². The lowest BCUT2D eigenvalue weighted by Gasteiger charge is -2.32. The molecule has 0 N–H and O–H groups in total. The summed E-state index contributed by atoms with van der Waals surface area (Å²) in [6.45, 7) is 6.30. The Kier molecular flexibility index (Phi) is 6.52. The molecule has 2 saturated heterocycles. The molecule has 1 unspecified atom stereocenters. The normalized spacial score (nSPS) is 21.0. The Balaban J connectivity index is 1.35. The third-order valence-corrected chi connectivity index (χ3v) is 6.34. The van der Waals surface area contributed by atoms with Gasteiger partial charge in [-0.25, -0.2) is 4.68 Å². The van der Waals surface area contributed by atoms with Crippen LogP contribution in [0.15, 0.2) is 30.3 Å². The van der Waals surface area contributed by atoms with Gasteiger partial charge >= 0.3 is 0 Å². The zero-order chi connectivity index (χ0) is 20.9. The molecule has 160 valence electrons. The molecule has 3 heterocycles. The van der Waals surface area contributed by atoms with Gasteiger partial charge in [0.25, 0.3) is 0 Å². The number of hydrogen-bond donors (Lipinski definition) is 0. The molecule has 1 atom stereocenters. The SMILES string of the molecule is CC1CCN(Cc2nnnn2CC(=O)N2CCCC(C(=O)c3ccccc3)C2)CC1. The number of hydrogen-bond acceptors (Lipinski definition) is 6. The highest BCUT2D eigenvalue weighted by molar-refractivity contribution is 5.98. The molecule has 2 aliphatic heterocycles. The monoisotopic (exact) mass is 410 g/mol. The number of likely N-dealkylation sites (tertiary alicyclic amines) is 2. The van der Waals surface area contributed by atoms with Crippen molar-refractivity contribution in [3.8, 4) is 0 Å². The summed E-state index contributed by atoms with van der Waals surface area (Å²) in [6.07, 6.45) is 4.03. The van der Waals surface area contributed by atoms with Gasteiger partial charge in [-0.1, -0.05) is 37.3 Å². The van der Waals surface area contributed by atoms with E-state index >= 15 is 0 Å². The van der Waals surface area contributed by atoms with Crippen molar-refractivity contribution in [1.82, 2.24) is 30.0 Å².